The Bertz CT molecular complexity index is 525. The summed E-state index contributed by atoms with van der Waals surface area (Å²) < 4.78 is 13.6. The summed E-state index contributed by atoms with van der Waals surface area (Å²) in [7, 11) is 0. The first-order chi connectivity index (χ1) is 7.56. The molecule has 0 bridgehead atoms. The van der Waals surface area contributed by atoms with Crippen molar-refractivity contribution in [2.45, 2.75) is 0 Å². The lowest BCUT2D eigenvalue weighted by Gasteiger charge is -2.05. The molecule has 0 aliphatic heterocycles. The van der Waals surface area contributed by atoms with E-state index in [1.807, 2.05) is 22.6 Å². The van der Waals surface area contributed by atoms with Gasteiger partial charge in [-0.1, -0.05) is 23.2 Å². The second kappa shape index (κ2) is 4.85. The molecular weight excluding hydrogens is 363 g/mol. The predicted octanol–water partition coefficient (Wildman–Crippen LogP) is 4.80. The topological polar surface area (TPSA) is 12.9 Å². The number of benzene rings is 1. The normalized spacial score (nSPS) is 10.5. The predicted molar refractivity (Wildman–Crippen MR) is 72.4 cm³/mol. The zero-order valence-electron chi connectivity index (χ0n) is 7.85. The maximum absolute atomic E-state index is 12.9. The minimum atomic E-state index is -0.360. The second-order valence-electron chi connectivity index (χ2n) is 3.14. The quantitative estimate of drug-likeness (QED) is 0.660. The van der Waals surface area contributed by atoms with Crippen LogP contribution >= 0.6 is 45.8 Å². The molecule has 0 amide bonds. The van der Waals surface area contributed by atoms with Gasteiger partial charge in [-0.15, -0.1) is 0 Å². The Morgan fingerprint density at radius 1 is 1.06 bits per heavy atom. The summed E-state index contributed by atoms with van der Waals surface area (Å²) in [6.07, 6.45) is 1.17. The van der Waals surface area contributed by atoms with Gasteiger partial charge in [-0.3, -0.25) is 4.98 Å². The number of halogens is 4. The Balaban J connectivity index is 2.58. The van der Waals surface area contributed by atoms with Crippen LogP contribution in [0.3, 0.4) is 0 Å². The molecule has 0 aliphatic rings. The fourth-order valence-electron chi connectivity index (χ4n) is 1.32. The van der Waals surface area contributed by atoms with E-state index >= 15 is 0 Å². The molecule has 0 fully saturated rings. The Hall–Kier alpha value is -0.390. The van der Waals surface area contributed by atoms with Crippen LogP contribution in [0.1, 0.15) is 0 Å². The summed E-state index contributed by atoms with van der Waals surface area (Å²) in [5.74, 6) is -0.360. The Morgan fingerprint density at radius 2 is 1.69 bits per heavy atom. The van der Waals surface area contributed by atoms with E-state index in [1.54, 1.807) is 18.2 Å². The van der Waals surface area contributed by atoms with Gasteiger partial charge in [0.05, 0.1) is 11.9 Å². The highest BCUT2D eigenvalue weighted by molar-refractivity contribution is 14.1. The smallest absolute Gasteiger partial charge is 0.142 e. The lowest BCUT2D eigenvalue weighted by molar-refractivity contribution is 0.620. The molecule has 0 radical (unpaired) electrons. The fraction of sp³-hybridized carbons (Fsp3) is 0. The van der Waals surface area contributed by atoms with E-state index in [9.17, 15) is 4.39 Å². The molecule has 0 saturated heterocycles. The molecule has 1 nitrogen and oxygen atoms in total. The van der Waals surface area contributed by atoms with Gasteiger partial charge in [0.2, 0.25) is 0 Å². The first kappa shape index (κ1) is 12.1. The number of nitrogens with zero attached hydrogens (tertiary/aromatic N) is 1. The van der Waals surface area contributed by atoms with Gasteiger partial charge in [0, 0.05) is 19.2 Å². The lowest BCUT2D eigenvalue weighted by atomic mass is 10.1. The van der Waals surface area contributed by atoms with Crippen LogP contribution in [0.2, 0.25) is 10.0 Å². The number of hydrogen-bond donors (Lipinski definition) is 0. The van der Waals surface area contributed by atoms with Crippen molar-refractivity contribution in [2.75, 3.05) is 0 Å². The van der Waals surface area contributed by atoms with E-state index in [1.165, 1.54) is 12.3 Å². The molecule has 82 valence electrons. The molecule has 1 aromatic heterocycles. The van der Waals surface area contributed by atoms with E-state index in [-0.39, 0.29) is 5.82 Å². The summed E-state index contributed by atoms with van der Waals surface area (Å²) in [6, 6.07) is 6.55. The van der Waals surface area contributed by atoms with Crippen LogP contribution in [0.25, 0.3) is 11.3 Å². The van der Waals surface area contributed by atoms with Crippen LogP contribution in [-0.2, 0) is 0 Å². The molecule has 5 heteroatoms. The minimum absolute atomic E-state index is 0.360. The lowest BCUT2D eigenvalue weighted by Crippen LogP contribution is -1.90. The van der Waals surface area contributed by atoms with Crippen LogP contribution in [0.4, 0.5) is 4.39 Å². The highest BCUT2D eigenvalue weighted by Crippen LogP contribution is 2.28. The van der Waals surface area contributed by atoms with Gasteiger partial charge >= 0.3 is 0 Å². The molecule has 2 aromatic rings. The average molecular weight is 368 g/mol. The van der Waals surface area contributed by atoms with E-state index < -0.39 is 0 Å². The third-order valence-corrected chi connectivity index (χ3v) is 3.20. The molecule has 0 atom stereocenters. The van der Waals surface area contributed by atoms with Crippen molar-refractivity contribution < 1.29 is 4.39 Å². The Kier molecular flexibility index (Phi) is 3.66. The van der Waals surface area contributed by atoms with E-state index in [2.05, 4.69) is 4.98 Å². The number of hydrogen-bond acceptors (Lipinski definition) is 1. The standard InChI is InChI=1S/C11H5Cl2FIN/c12-7-1-6(2-8(13)3-7)11-10(15)4-9(14)5-16-11/h1-5H. The zero-order chi connectivity index (χ0) is 11.7. The molecule has 1 aromatic carbocycles. The minimum Gasteiger partial charge on any atom is -0.252 e. The van der Waals surface area contributed by atoms with Gasteiger partial charge in [-0.25, -0.2) is 4.39 Å². The van der Waals surface area contributed by atoms with Gasteiger partial charge in [-0.05, 0) is 46.9 Å². The maximum Gasteiger partial charge on any atom is 0.142 e. The van der Waals surface area contributed by atoms with E-state index in [0.717, 1.165) is 9.13 Å². The Morgan fingerprint density at radius 3 is 2.25 bits per heavy atom. The van der Waals surface area contributed by atoms with Crippen LogP contribution in [0, 0.1) is 9.39 Å². The first-order valence-electron chi connectivity index (χ1n) is 4.34. The van der Waals surface area contributed by atoms with Crippen molar-refractivity contribution in [3.8, 4) is 11.3 Å². The van der Waals surface area contributed by atoms with E-state index in [0.29, 0.717) is 15.7 Å². The van der Waals surface area contributed by atoms with Crippen molar-refractivity contribution in [3.63, 3.8) is 0 Å². The van der Waals surface area contributed by atoms with E-state index in [4.69, 9.17) is 23.2 Å². The van der Waals surface area contributed by atoms with Crippen LogP contribution < -0.4 is 0 Å². The molecule has 2 rings (SSSR count). The van der Waals surface area contributed by atoms with Crippen LogP contribution in [-0.4, -0.2) is 4.98 Å². The SMILES string of the molecule is Fc1cnc(-c2cc(Cl)cc(Cl)c2)c(I)c1. The van der Waals surface area contributed by atoms with Gasteiger partial charge in [-0.2, -0.15) is 0 Å². The molecule has 0 unspecified atom stereocenters. The number of rotatable bonds is 1. The van der Waals surface area contributed by atoms with Gasteiger partial charge in [0.15, 0.2) is 0 Å². The summed E-state index contributed by atoms with van der Waals surface area (Å²) >= 11 is 13.8. The molecule has 16 heavy (non-hydrogen) atoms. The zero-order valence-corrected chi connectivity index (χ0v) is 11.5. The van der Waals surface area contributed by atoms with Gasteiger partial charge in [0.1, 0.15) is 5.82 Å². The maximum atomic E-state index is 12.9. The van der Waals surface area contributed by atoms with Crippen molar-refractivity contribution in [2.24, 2.45) is 0 Å². The molecule has 0 N–H and O–H groups in total. The van der Waals surface area contributed by atoms with Crippen molar-refractivity contribution in [3.05, 3.63) is 49.9 Å². The third-order valence-electron chi connectivity index (χ3n) is 1.94. The van der Waals surface area contributed by atoms with Crippen molar-refractivity contribution in [1.82, 2.24) is 4.98 Å². The first-order valence-corrected chi connectivity index (χ1v) is 6.17. The molecule has 0 saturated carbocycles. The number of aromatic nitrogens is 1. The third kappa shape index (κ3) is 2.64. The highest BCUT2D eigenvalue weighted by Gasteiger charge is 2.07. The molecule has 0 spiro atoms. The average Bonchev–Trinajstić information content (AvgIpc) is 2.15. The summed E-state index contributed by atoms with van der Waals surface area (Å²) in [5, 5.41) is 1.06. The van der Waals surface area contributed by atoms with Gasteiger partial charge < -0.3 is 0 Å². The molecular formula is C11H5Cl2FIN. The van der Waals surface area contributed by atoms with Crippen LogP contribution in [0.15, 0.2) is 30.5 Å². The summed E-state index contributed by atoms with van der Waals surface area (Å²) in [4.78, 5) is 4.03. The monoisotopic (exact) mass is 367 g/mol. The Labute approximate surface area is 116 Å². The second-order valence-corrected chi connectivity index (χ2v) is 5.18. The molecule has 0 aliphatic carbocycles. The van der Waals surface area contributed by atoms with Crippen molar-refractivity contribution >= 4 is 45.8 Å². The highest BCUT2D eigenvalue weighted by atomic mass is 127. The summed E-state index contributed by atoms with van der Waals surface area (Å²) in [6.45, 7) is 0. The number of pyridine rings is 1. The fourth-order valence-corrected chi connectivity index (χ4v) is 2.59. The largest absolute Gasteiger partial charge is 0.252 e. The summed E-state index contributed by atoms with van der Waals surface area (Å²) in [5.41, 5.74) is 1.45. The van der Waals surface area contributed by atoms with Gasteiger partial charge in [0.25, 0.3) is 0 Å². The molecule has 1 heterocycles. The van der Waals surface area contributed by atoms with Crippen molar-refractivity contribution in [1.29, 1.82) is 0 Å². The van der Waals surface area contributed by atoms with Crippen LogP contribution in [0.5, 0.6) is 0 Å².